The van der Waals surface area contributed by atoms with Crippen LogP contribution in [-0.4, -0.2) is 12.5 Å². The van der Waals surface area contributed by atoms with Crippen LogP contribution in [0.5, 0.6) is 0 Å². The molecule has 0 radical (unpaired) electrons. The maximum Gasteiger partial charge on any atom is 0.254 e. The number of azide groups is 1. The lowest BCUT2D eigenvalue weighted by molar-refractivity contribution is -0.0583. The van der Waals surface area contributed by atoms with E-state index in [-0.39, 0.29) is 18.9 Å². The molecule has 0 aromatic carbocycles. The van der Waals surface area contributed by atoms with Gasteiger partial charge in [0.05, 0.1) is 0 Å². The van der Waals surface area contributed by atoms with Crippen LogP contribution in [0.3, 0.4) is 0 Å². The van der Waals surface area contributed by atoms with Crippen LogP contribution in [-0.2, 0) is 0 Å². The molecule has 0 aliphatic heterocycles. The Hall–Kier alpha value is -0.830. The smallest absolute Gasteiger partial charge is 0.206 e. The molecule has 2 aliphatic carbocycles. The average molecular weight is 173 g/mol. The van der Waals surface area contributed by atoms with E-state index >= 15 is 0 Å². The van der Waals surface area contributed by atoms with E-state index in [1.165, 1.54) is 0 Å². The lowest BCUT2D eigenvalue weighted by Crippen LogP contribution is -2.29. The predicted molar refractivity (Wildman–Crippen MR) is 38.7 cm³/mol. The van der Waals surface area contributed by atoms with Crippen molar-refractivity contribution in [3.8, 4) is 0 Å². The van der Waals surface area contributed by atoms with Gasteiger partial charge in [-0.1, -0.05) is 5.11 Å². The Morgan fingerprint density at radius 2 is 2.33 bits per heavy atom. The van der Waals surface area contributed by atoms with Gasteiger partial charge in [0.2, 0.25) is 0 Å². The third kappa shape index (κ3) is 0.771. The van der Waals surface area contributed by atoms with Crippen molar-refractivity contribution in [2.24, 2.45) is 16.4 Å². The van der Waals surface area contributed by atoms with E-state index in [1.54, 1.807) is 0 Å². The van der Waals surface area contributed by atoms with Gasteiger partial charge in [0.15, 0.2) is 0 Å². The van der Waals surface area contributed by atoms with Gasteiger partial charge in [-0.3, -0.25) is 0 Å². The third-order valence-corrected chi connectivity index (χ3v) is 3.18. The van der Waals surface area contributed by atoms with E-state index in [9.17, 15) is 8.78 Å². The molecule has 0 aromatic heterocycles. The molecule has 0 heterocycles. The first-order valence-electron chi connectivity index (χ1n) is 4.01. The summed E-state index contributed by atoms with van der Waals surface area (Å²) >= 11 is 0. The summed E-state index contributed by atoms with van der Waals surface area (Å²) in [6.07, 6.45) is 1.10. The van der Waals surface area contributed by atoms with Crippen LogP contribution in [0.1, 0.15) is 19.3 Å². The lowest BCUT2D eigenvalue weighted by Gasteiger charge is -2.20. The van der Waals surface area contributed by atoms with Crippen LogP contribution >= 0.6 is 0 Å². The summed E-state index contributed by atoms with van der Waals surface area (Å²) in [5.41, 5.74) is 7.10. The molecule has 2 atom stereocenters. The first-order chi connectivity index (χ1) is 5.62. The normalized spacial score (nSPS) is 41.7. The molecule has 2 rings (SSSR count). The van der Waals surface area contributed by atoms with Crippen LogP contribution < -0.4 is 0 Å². The van der Waals surface area contributed by atoms with Gasteiger partial charge >= 0.3 is 0 Å². The molecule has 5 heteroatoms. The topological polar surface area (TPSA) is 48.8 Å². The van der Waals surface area contributed by atoms with Crippen molar-refractivity contribution < 1.29 is 8.78 Å². The molecule has 0 spiro atoms. The number of hydrogen-bond donors (Lipinski definition) is 0. The van der Waals surface area contributed by atoms with Crippen LogP contribution in [0, 0.1) is 11.3 Å². The van der Waals surface area contributed by atoms with Gasteiger partial charge in [-0.05, 0) is 24.3 Å². The molecule has 0 unspecified atom stereocenters. The Labute approximate surface area is 68.4 Å². The summed E-state index contributed by atoms with van der Waals surface area (Å²) in [6.45, 7) is -0.0266. The fraction of sp³-hybridized carbons (Fsp3) is 1.00. The number of nitrogens with zero attached hydrogens (tertiary/aromatic N) is 3. The first-order valence-corrected chi connectivity index (χ1v) is 4.01. The van der Waals surface area contributed by atoms with E-state index in [0.717, 1.165) is 0 Å². The van der Waals surface area contributed by atoms with E-state index < -0.39 is 11.3 Å². The van der Waals surface area contributed by atoms with Gasteiger partial charge in [0.1, 0.15) is 0 Å². The molecular formula is C7H9F2N3. The molecule has 2 fully saturated rings. The van der Waals surface area contributed by atoms with Gasteiger partial charge in [0, 0.05) is 23.3 Å². The lowest BCUT2D eigenvalue weighted by atomic mass is 10.0. The van der Waals surface area contributed by atoms with Crippen LogP contribution in [0.15, 0.2) is 5.11 Å². The Morgan fingerprint density at radius 3 is 2.75 bits per heavy atom. The van der Waals surface area contributed by atoms with Gasteiger partial charge in [-0.25, -0.2) is 8.78 Å². The monoisotopic (exact) mass is 173 g/mol. The van der Waals surface area contributed by atoms with Gasteiger partial charge < -0.3 is 0 Å². The number of halogens is 2. The fourth-order valence-corrected chi connectivity index (χ4v) is 2.28. The van der Waals surface area contributed by atoms with Gasteiger partial charge in [-0.2, -0.15) is 0 Å². The third-order valence-electron chi connectivity index (χ3n) is 3.18. The maximum absolute atomic E-state index is 13.2. The zero-order valence-corrected chi connectivity index (χ0v) is 6.50. The summed E-state index contributed by atoms with van der Waals surface area (Å²) in [5, 5.41) is 3.26. The Balaban J connectivity index is 2.17. The summed E-state index contributed by atoms with van der Waals surface area (Å²) in [7, 11) is 0. The Bertz CT molecular complexity index is 259. The molecule has 0 amide bonds. The van der Waals surface area contributed by atoms with Crippen molar-refractivity contribution in [3.63, 3.8) is 0 Å². The zero-order valence-electron chi connectivity index (χ0n) is 6.50. The molecule has 0 N–H and O–H groups in total. The largest absolute Gasteiger partial charge is 0.254 e. The van der Waals surface area contributed by atoms with E-state index in [4.69, 9.17) is 5.53 Å². The number of fused-ring (bicyclic) bond motifs is 1. The molecule has 0 aromatic rings. The van der Waals surface area contributed by atoms with Crippen molar-refractivity contribution in [1.29, 1.82) is 0 Å². The fourth-order valence-electron chi connectivity index (χ4n) is 2.28. The molecule has 12 heavy (non-hydrogen) atoms. The molecule has 3 nitrogen and oxygen atoms in total. The second-order valence-electron chi connectivity index (χ2n) is 3.69. The first kappa shape index (κ1) is 7.80. The molecule has 0 saturated heterocycles. The van der Waals surface area contributed by atoms with Gasteiger partial charge in [-0.15, -0.1) is 0 Å². The number of hydrogen-bond acceptors (Lipinski definition) is 1. The highest BCUT2D eigenvalue weighted by atomic mass is 19.3. The summed E-state index contributed by atoms with van der Waals surface area (Å²) in [6, 6.07) is 0. The maximum atomic E-state index is 13.2. The van der Waals surface area contributed by atoms with E-state index in [1.807, 2.05) is 0 Å². The van der Waals surface area contributed by atoms with Gasteiger partial charge in [0.25, 0.3) is 5.92 Å². The van der Waals surface area contributed by atoms with E-state index in [0.29, 0.717) is 12.8 Å². The highest BCUT2D eigenvalue weighted by molar-refractivity contribution is 5.16. The van der Waals surface area contributed by atoms with E-state index in [2.05, 4.69) is 10.0 Å². The van der Waals surface area contributed by atoms with Crippen molar-refractivity contribution in [3.05, 3.63) is 10.4 Å². The van der Waals surface area contributed by atoms with Crippen LogP contribution in [0.2, 0.25) is 0 Å². The summed E-state index contributed by atoms with van der Waals surface area (Å²) in [4.78, 5) is 2.53. The summed E-state index contributed by atoms with van der Waals surface area (Å²) < 4.78 is 26.3. The molecule has 0 bridgehead atoms. The van der Waals surface area contributed by atoms with Crippen molar-refractivity contribution in [2.75, 3.05) is 6.54 Å². The minimum Gasteiger partial charge on any atom is -0.206 e. The van der Waals surface area contributed by atoms with Crippen molar-refractivity contribution in [2.45, 2.75) is 25.2 Å². The SMILES string of the molecule is [N-]=[N+]=NC[C@]12C[C@H]1CCC2(F)F. The highest BCUT2D eigenvalue weighted by Crippen LogP contribution is 2.70. The van der Waals surface area contributed by atoms with Crippen LogP contribution in [0.25, 0.3) is 10.4 Å². The number of rotatable bonds is 2. The molecule has 66 valence electrons. The Kier molecular flexibility index (Phi) is 1.37. The molecule has 2 aliphatic rings. The zero-order chi connectivity index (χ0) is 8.82. The number of alkyl halides is 2. The minimum atomic E-state index is -2.59. The second-order valence-corrected chi connectivity index (χ2v) is 3.69. The van der Waals surface area contributed by atoms with Crippen LogP contribution in [0.4, 0.5) is 8.78 Å². The molecule has 2 saturated carbocycles. The molecular weight excluding hydrogens is 164 g/mol. The highest BCUT2D eigenvalue weighted by Gasteiger charge is 2.72. The Morgan fingerprint density at radius 1 is 1.58 bits per heavy atom. The van der Waals surface area contributed by atoms with Crippen molar-refractivity contribution in [1.82, 2.24) is 0 Å². The quantitative estimate of drug-likeness (QED) is 0.350. The standard InChI is InChI=1S/C7H9F2N3/c8-7(9)2-1-5-3-6(5,7)4-11-12-10/h5H,1-4H2/t5-,6-/m1/s1. The second kappa shape index (κ2) is 2.10. The van der Waals surface area contributed by atoms with Crippen molar-refractivity contribution >= 4 is 0 Å². The minimum absolute atomic E-state index is 0.0266. The summed E-state index contributed by atoms with van der Waals surface area (Å²) in [5.74, 6) is -2.48. The average Bonchev–Trinajstić information content (AvgIpc) is 2.68. The predicted octanol–water partition coefficient (Wildman–Crippen LogP) is 2.73.